The molecule has 1 heterocycles. The molecular weight excluding hydrogens is 255 g/mol. The molecule has 3 heteroatoms. The zero-order valence-electron chi connectivity index (χ0n) is 10.5. The lowest BCUT2D eigenvalue weighted by Gasteiger charge is -1.98. The Kier molecular flexibility index (Phi) is 3.17. The van der Waals surface area contributed by atoms with Crippen LogP contribution in [0, 0.1) is 5.82 Å². The number of ketones is 1. The molecular formula is C17H11FO2. The fourth-order valence-electron chi connectivity index (χ4n) is 1.96. The minimum Gasteiger partial charge on any atom is -0.453 e. The molecule has 3 rings (SSSR count). The van der Waals surface area contributed by atoms with Crippen molar-refractivity contribution in [3.8, 4) is 11.3 Å². The second-order valence-electron chi connectivity index (χ2n) is 4.37. The van der Waals surface area contributed by atoms with Gasteiger partial charge in [-0.3, -0.25) is 4.79 Å². The number of rotatable bonds is 3. The van der Waals surface area contributed by atoms with E-state index in [-0.39, 0.29) is 17.4 Å². The Hall–Kier alpha value is -2.68. The number of furan rings is 1. The van der Waals surface area contributed by atoms with Gasteiger partial charge in [-0.2, -0.15) is 0 Å². The van der Waals surface area contributed by atoms with Gasteiger partial charge < -0.3 is 4.42 Å². The molecule has 3 aromatic rings. The summed E-state index contributed by atoms with van der Waals surface area (Å²) in [6, 6.07) is 18.3. The van der Waals surface area contributed by atoms with Crippen molar-refractivity contribution in [3.05, 3.63) is 83.9 Å². The van der Waals surface area contributed by atoms with E-state index >= 15 is 0 Å². The van der Waals surface area contributed by atoms with Crippen LogP contribution in [0.25, 0.3) is 11.3 Å². The lowest BCUT2D eigenvalue weighted by Crippen LogP contribution is -1.99. The summed E-state index contributed by atoms with van der Waals surface area (Å²) in [6.45, 7) is 0. The van der Waals surface area contributed by atoms with Crippen LogP contribution in [-0.2, 0) is 0 Å². The summed E-state index contributed by atoms with van der Waals surface area (Å²) < 4.78 is 18.4. The molecule has 0 unspecified atom stereocenters. The summed E-state index contributed by atoms with van der Waals surface area (Å²) in [5.41, 5.74) is 1.31. The largest absolute Gasteiger partial charge is 0.453 e. The van der Waals surface area contributed by atoms with Crippen molar-refractivity contribution in [1.82, 2.24) is 0 Å². The van der Waals surface area contributed by atoms with Crippen molar-refractivity contribution in [2.45, 2.75) is 0 Å². The van der Waals surface area contributed by atoms with Gasteiger partial charge in [0.15, 0.2) is 5.76 Å². The van der Waals surface area contributed by atoms with E-state index < -0.39 is 0 Å². The van der Waals surface area contributed by atoms with Crippen molar-refractivity contribution in [2.24, 2.45) is 0 Å². The summed E-state index contributed by atoms with van der Waals surface area (Å²) in [6.07, 6.45) is 0. The summed E-state index contributed by atoms with van der Waals surface area (Å²) in [4.78, 5) is 12.2. The number of hydrogen-bond donors (Lipinski definition) is 0. The predicted molar refractivity (Wildman–Crippen MR) is 74.0 cm³/mol. The van der Waals surface area contributed by atoms with Gasteiger partial charge in [-0.25, -0.2) is 4.39 Å². The molecule has 0 amide bonds. The number of halogens is 1. The highest BCUT2D eigenvalue weighted by Crippen LogP contribution is 2.23. The van der Waals surface area contributed by atoms with Gasteiger partial charge in [-0.05, 0) is 36.4 Å². The van der Waals surface area contributed by atoms with Crippen LogP contribution in [0.5, 0.6) is 0 Å². The second-order valence-corrected chi connectivity index (χ2v) is 4.37. The molecule has 0 aliphatic rings. The van der Waals surface area contributed by atoms with Crippen molar-refractivity contribution < 1.29 is 13.6 Å². The maximum atomic E-state index is 12.8. The highest BCUT2D eigenvalue weighted by molar-refractivity contribution is 6.07. The van der Waals surface area contributed by atoms with Gasteiger partial charge in [0.25, 0.3) is 0 Å². The summed E-state index contributed by atoms with van der Waals surface area (Å²) >= 11 is 0. The maximum absolute atomic E-state index is 12.8. The number of benzene rings is 2. The average molecular weight is 266 g/mol. The number of carbonyl (C=O) groups excluding carboxylic acids is 1. The predicted octanol–water partition coefficient (Wildman–Crippen LogP) is 4.32. The molecule has 0 aliphatic carbocycles. The molecule has 2 aromatic carbocycles. The Morgan fingerprint density at radius 2 is 1.55 bits per heavy atom. The molecule has 0 saturated carbocycles. The molecule has 0 spiro atoms. The zero-order chi connectivity index (χ0) is 13.9. The van der Waals surface area contributed by atoms with Crippen LogP contribution in [-0.4, -0.2) is 5.78 Å². The van der Waals surface area contributed by atoms with Crippen molar-refractivity contribution in [3.63, 3.8) is 0 Å². The average Bonchev–Trinajstić information content (AvgIpc) is 2.98. The lowest BCUT2D eigenvalue weighted by molar-refractivity contribution is 0.101. The van der Waals surface area contributed by atoms with E-state index in [0.717, 1.165) is 5.56 Å². The van der Waals surface area contributed by atoms with Crippen molar-refractivity contribution in [1.29, 1.82) is 0 Å². The van der Waals surface area contributed by atoms with Gasteiger partial charge in [0.2, 0.25) is 5.78 Å². The molecule has 20 heavy (non-hydrogen) atoms. The molecule has 0 fully saturated rings. The standard InChI is InChI=1S/C17H11FO2/c18-14-8-6-13(7-9-14)17(19)16-11-10-15(20-16)12-4-2-1-3-5-12/h1-11H. The van der Waals surface area contributed by atoms with E-state index in [1.54, 1.807) is 12.1 Å². The van der Waals surface area contributed by atoms with Gasteiger partial charge in [0, 0.05) is 11.1 Å². The van der Waals surface area contributed by atoms with Gasteiger partial charge in [0.1, 0.15) is 11.6 Å². The third-order valence-corrected chi connectivity index (χ3v) is 2.99. The highest BCUT2D eigenvalue weighted by atomic mass is 19.1. The normalized spacial score (nSPS) is 10.4. The van der Waals surface area contributed by atoms with Crippen LogP contribution in [0.2, 0.25) is 0 Å². The Balaban J connectivity index is 1.90. The SMILES string of the molecule is O=C(c1ccc(F)cc1)c1ccc(-c2ccccc2)o1. The first kappa shape index (κ1) is 12.4. The van der Waals surface area contributed by atoms with Gasteiger partial charge in [-0.15, -0.1) is 0 Å². The van der Waals surface area contributed by atoms with E-state index in [1.807, 2.05) is 30.3 Å². The number of carbonyl (C=O) groups is 1. The molecule has 2 nitrogen and oxygen atoms in total. The van der Waals surface area contributed by atoms with Crippen LogP contribution in [0.4, 0.5) is 4.39 Å². The summed E-state index contributed by atoms with van der Waals surface area (Å²) in [5, 5.41) is 0. The smallest absolute Gasteiger partial charge is 0.228 e. The minimum atomic E-state index is -0.369. The van der Waals surface area contributed by atoms with Crippen LogP contribution < -0.4 is 0 Å². The van der Waals surface area contributed by atoms with Gasteiger partial charge in [-0.1, -0.05) is 30.3 Å². The topological polar surface area (TPSA) is 30.2 Å². The third kappa shape index (κ3) is 2.38. The van der Waals surface area contributed by atoms with Crippen LogP contribution >= 0.6 is 0 Å². The summed E-state index contributed by atoms with van der Waals surface area (Å²) in [5.74, 6) is 0.254. The van der Waals surface area contributed by atoms with E-state index in [9.17, 15) is 9.18 Å². The van der Waals surface area contributed by atoms with E-state index in [1.165, 1.54) is 24.3 Å². The van der Waals surface area contributed by atoms with Crippen LogP contribution in [0.15, 0.2) is 71.1 Å². The molecule has 0 atom stereocenters. The summed E-state index contributed by atoms with van der Waals surface area (Å²) in [7, 11) is 0. The van der Waals surface area contributed by atoms with Gasteiger partial charge in [0.05, 0.1) is 0 Å². The molecule has 98 valence electrons. The first-order chi connectivity index (χ1) is 9.74. The first-order valence-electron chi connectivity index (χ1n) is 6.19. The van der Waals surface area contributed by atoms with Crippen molar-refractivity contribution >= 4 is 5.78 Å². The fourth-order valence-corrected chi connectivity index (χ4v) is 1.96. The first-order valence-corrected chi connectivity index (χ1v) is 6.19. The Bertz CT molecular complexity index is 727. The molecule has 0 saturated heterocycles. The quantitative estimate of drug-likeness (QED) is 0.661. The second kappa shape index (κ2) is 5.13. The van der Waals surface area contributed by atoms with E-state index in [0.29, 0.717) is 11.3 Å². The van der Waals surface area contributed by atoms with E-state index in [4.69, 9.17) is 4.42 Å². The van der Waals surface area contributed by atoms with Gasteiger partial charge >= 0.3 is 0 Å². The Labute approximate surface area is 115 Å². The Morgan fingerprint density at radius 3 is 2.25 bits per heavy atom. The zero-order valence-corrected chi connectivity index (χ0v) is 10.5. The lowest BCUT2D eigenvalue weighted by atomic mass is 10.1. The fraction of sp³-hybridized carbons (Fsp3) is 0. The molecule has 0 N–H and O–H groups in total. The molecule has 0 radical (unpaired) electrons. The molecule has 0 aliphatic heterocycles. The van der Waals surface area contributed by atoms with Crippen LogP contribution in [0.1, 0.15) is 16.1 Å². The maximum Gasteiger partial charge on any atom is 0.228 e. The van der Waals surface area contributed by atoms with E-state index in [2.05, 4.69) is 0 Å². The van der Waals surface area contributed by atoms with Crippen LogP contribution in [0.3, 0.4) is 0 Å². The third-order valence-electron chi connectivity index (χ3n) is 2.99. The number of hydrogen-bond acceptors (Lipinski definition) is 2. The minimum absolute atomic E-state index is 0.246. The molecule has 0 bridgehead atoms. The monoisotopic (exact) mass is 266 g/mol. The van der Waals surface area contributed by atoms with Crippen molar-refractivity contribution in [2.75, 3.05) is 0 Å². The Morgan fingerprint density at radius 1 is 0.850 bits per heavy atom. The highest BCUT2D eigenvalue weighted by Gasteiger charge is 2.14. The molecule has 1 aromatic heterocycles.